The molecule has 0 amide bonds. The number of ether oxygens (including phenoxy) is 1. The van der Waals surface area contributed by atoms with Crippen LogP contribution in [0.15, 0.2) is 0 Å². The molecule has 2 atom stereocenters. The molecule has 0 spiro atoms. The quantitative estimate of drug-likeness (QED) is 0.717. The van der Waals surface area contributed by atoms with E-state index in [4.69, 9.17) is 4.74 Å². The fraction of sp³-hybridized carbons (Fsp3) is 1.00. The molecule has 0 bridgehead atoms. The van der Waals surface area contributed by atoms with Gasteiger partial charge in [-0.15, -0.1) is 0 Å². The summed E-state index contributed by atoms with van der Waals surface area (Å²) >= 11 is 0. The van der Waals surface area contributed by atoms with Gasteiger partial charge in [-0.3, -0.25) is 0 Å². The van der Waals surface area contributed by atoms with Gasteiger partial charge >= 0.3 is 0 Å². The van der Waals surface area contributed by atoms with Crippen molar-refractivity contribution in [2.75, 3.05) is 25.4 Å². The lowest BCUT2D eigenvalue weighted by molar-refractivity contribution is -0.0230. The maximum Gasteiger partial charge on any atom is 0.214 e. The smallest absolute Gasteiger partial charge is 0.214 e. The first kappa shape index (κ1) is 16.9. The Kier molecular flexibility index (Phi) is 6.73. The van der Waals surface area contributed by atoms with Crippen LogP contribution in [-0.4, -0.2) is 56.4 Å². The Morgan fingerprint density at radius 2 is 2.11 bits per heavy atom. The van der Waals surface area contributed by atoms with Gasteiger partial charge < -0.3 is 10.1 Å². The largest absolute Gasteiger partial charge is 0.375 e. The van der Waals surface area contributed by atoms with E-state index in [9.17, 15) is 8.42 Å². The molecule has 1 aliphatic heterocycles. The number of hydrogen-bond donors (Lipinski definition) is 1. The molecular weight excluding hydrogens is 264 g/mol. The molecule has 0 radical (unpaired) electrons. The zero-order valence-corrected chi connectivity index (χ0v) is 13.4. The number of nitrogens with zero attached hydrogens (tertiary/aromatic N) is 1. The van der Waals surface area contributed by atoms with Crippen LogP contribution in [0, 0.1) is 0 Å². The maximum absolute atomic E-state index is 12.4. The van der Waals surface area contributed by atoms with Gasteiger partial charge in [-0.1, -0.05) is 20.8 Å². The summed E-state index contributed by atoms with van der Waals surface area (Å²) in [5, 5.41) is 3.25. The van der Waals surface area contributed by atoms with E-state index in [-0.39, 0.29) is 17.9 Å². The topological polar surface area (TPSA) is 58.6 Å². The normalized spacial score (nSPS) is 25.9. The highest BCUT2D eigenvalue weighted by atomic mass is 32.2. The van der Waals surface area contributed by atoms with Crippen molar-refractivity contribution < 1.29 is 13.2 Å². The van der Waals surface area contributed by atoms with Crippen molar-refractivity contribution >= 4 is 10.0 Å². The molecule has 5 nitrogen and oxygen atoms in total. The van der Waals surface area contributed by atoms with Crippen LogP contribution >= 0.6 is 0 Å². The van der Waals surface area contributed by atoms with Crippen LogP contribution in [0.4, 0.5) is 0 Å². The fourth-order valence-electron chi connectivity index (χ4n) is 2.24. The predicted octanol–water partition coefficient (Wildman–Crippen LogP) is 1.20. The van der Waals surface area contributed by atoms with Crippen LogP contribution in [0.25, 0.3) is 0 Å². The number of morpholine rings is 1. The first-order valence-corrected chi connectivity index (χ1v) is 8.82. The molecule has 1 heterocycles. The van der Waals surface area contributed by atoms with Crippen LogP contribution in [0.1, 0.15) is 40.5 Å². The molecular formula is C13H28N2O3S. The highest BCUT2D eigenvalue weighted by Crippen LogP contribution is 2.19. The van der Waals surface area contributed by atoms with Crippen LogP contribution in [-0.2, 0) is 14.8 Å². The SMILES string of the molecule is CCC1COC(C)CN1S(=O)(=O)CCCNC(C)C. The van der Waals surface area contributed by atoms with Crippen LogP contribution < -0.4 is 5.32 Å². The monoisotopic (exact) mass is 292 g/mol. The van der Waals surface area contributed by atoms with E-state index >= 15 is 0 Å². The minimum Gasteiger partial charge on any atom is -0.375 e. The summed E-state index contributed by atoms with van der Waals surface area (Å²) in [6.45, 7) is 9.80. The lowest BCUT2D eigenvalue weighted by atomic mass is 10.2. The molecule has 1 rings (SSSR count). The molecule has 0 aromatic rings. The summed E-state index contributed by atoms with van der Waals surface area (Å²) in [6, 6.07) is 0.397. The second-order valence-electron chi connectivity index (χ2n) is 5.55. The van der Waals surface area contributed by atoms with Crippen molar-refractivity contribution in [2.24, 2.45) is 0 Å². The van der Waals surface area contributed by atoms with Crippen molar-refractivity contribution in [2.45, 2.75) is 58.7 Å². The first-order chi connectivity index (χ1) is 8.86. The Balaban J connectivity index is 2.53. The molecule has 0 saturated carbocycles. The van der Waals surface area contributed by atoms with Crippen LogP contribution in [0.5, 0.6) is 0 Å². The van der Waals surface area contributed by atoms with Crippen molar-refractivity contribution in [3.63, 3.8) is 0 Å². The Labute approximate surface area is 117 Å². The van der Waals surface area contributed by atoms with Gasteiger partial charge in [0.15, 0.2) is 0 Å². The zero-order valence-electron chi connectivity index (χ0n) is 12.6. The molecule has 1 aliphatic rings. The standard InChI is InChI=1S/C13H28N2O3S/c1-5-13-10-18-12(4)9-15(13)19(16,17)8-6-7-14-11(2)3/h11-14H,5-10H2,1-4H3. The predicted molar refractivity (Wildman–Crippen MR) is 77.7 cm³/mol. The molecule has 6 heteroatoms. The molecule has 1 N–H and O–H groups in total. The lowest BCUT2D eigenvalue weighted by Crippen LogP contribution is -2.52. The highest BCUT2D eigenvalue weighted by molar-refractivity contribution is 7.89. The van der Waals surface area contributed by atoms with E-state index in [1.165, 1.54) is 0 Å². The van der Waals surface area contributed by atoms with Crippen LogP contribution in [0.2, 0.25) is 0 Å². The molecule has 1 fully saturated rings. The van der Waals surface area contributed by atoms with Gasteiger partial charge in [0.2, 0.25) is 10.0 Å². The van der Waals surface area contributed by atoms with Crippen LogP contribution in [0.3, 0.4) is 0 Å². The van der Waals surface area contributed by atoms with Gasteiger partial charge in [-0.2, -0.15) is 4.31 Å². The summed E-state index contributed by atoms with van der Waals surface area (Å²) in [5.41, 5.74) is 0. The molecule has 2 unspecified atom stereocenters. The van der Waals surface area contributed by atoms with Crippen molar-refractivity contribution in [3.05, 3.63) is 0 Å². The number of rotatable bonds is 7. The third-order valence-electron chi connectivity index (χ3n) is 3.38. The Morgan fingerprint density at radius 1 is 1.42 bits per heavy atom. The molecule has 0 aliphatic carbocycles. The summed E-state index contributed by atoms with van der Waals surface area (Å²) < 4.78 is 32.0. The average Bonchev–Trinajstić information content (AvgIpc) is 2.34. The van der Waals surface area contributed by atoms with E-state index in [0.29, 0.717) is 25.6 Å². The Bertz CT molecular complexity index is 357. The molecule has 19 heavy (non-hydrogen) atoms. The number of nitrogens with one attached hydrogen (secondary N) is 1. The van der Waals surface area contributed by atoms with Gasteiger partial charge in [-0.05, 0) is 26.3 Å². The van der Waals surface area contributed by atoms with Crippen molar-refractivity contribution in [1.29, 1.82) is 0 Å². The van der Waals surface area contributed by atoms with Crippen molar-refractivity contribution in [1.82, 2.24) is 9.62 Å². The van der Waals surface area contributed by atoms with E-state index in [2.05, 4.69) is 19.2 Å². The first-order valence-electron chi connectivity index (χ1n) is 7.21. The fourth-order valence-corrected chi connectivity index (χ4v) is 4.08. The van der Waals surface area contributed by atoms with E-state index in [0.717, 1.165) is 13.0 Å². The Morgan fingerprint density at radius 3 is 2.68 bits per heavy atom. The summed E-state index contributed by atoms with van der Waals surface area (Å²) in [4.78, 5) is 0. The van der Waals surface area contributed by atoms with Gasteiger partial charge in [0.25, 0.3) is 0 Å². The highest BCUT2D eigenvalue weighted by Gasteiger charge is 2.33. The molecule has 1 saturated heterocycles. The summed E-state index contributed by atoms with van der Waals surface area (Å²) in [5.74, 6) is 0.218. The third-order valence-corrected chi connectivity index (χ3v) is 5.34. The third kappa shape index (κ3) is 5.38. The molecule has 114 valence electrons. The Hall–Kier alpha value is -0.170. The van der Waals surface area contributed by atoms with Gasteiger partial charge in [0.1, 0.15) is 0 Å². The zero-order chi connectivity index (χ0) is 14.5. The number of sulfonamides is 1. The minimum atomic E-state index is -3.16. The second-order valence-corrected chi connectivity index (χ2v) is 7.60. The van der Waals surface area contributed by atoms with Gasteiger partial charge in [0.05, 0.1) is 18.5 Å². The van der Waals surface area contributed by atoms with E-state index < -0.39 is 10.0 Å². The van der Waals surface area contributed by atoms with Gasteiger partial charge in [0, 0.05) is 18.6 Å². The lowest BCUT2D eigenvalue weighted by Gasteiger charge is -2.37. The maximum atomic E-state index is 12.4. The van der Waals surface area contributed by atoms with Gasteiger partial charge in [-0.25, -0.2) is 8.42 Å². The van der Waals surface area contributed by atoms with Crippen molar-refractivity contribution in [3.8, 4) is 0 Å². The minimum absolute atomic E-state index is 0.000687. The molecule has 0 aromatic heterocycles. The second kappa shape index (κ2) is 7.57. The van der Waals surface area contributed by atoms with E-state index in [1.54, 1.807) is 4.31 Å². The number of hydrogen-bond acceptors (Lipinski definition) is 4. The summed E-state index contributed by atoms with van der Waals surface area (Å²) in [6.07, 6.45) is 1.45. The average molecular weight is 292 g/mol. The summed E-state index contributed by atoms with van der Waals surface area (Å²) in [7, 11) is -3.16. The molecule has 0 aromatic carbocycles. The van der Waals surface area contributed by atoms with E-state index in [1.807, 2.05) is 13.8 Å².